The van der Waals surface area contributed by atoms with E-state index in [9.17, 15) is 5.11 Å². The Morgan fingerprint density at radius 2 is 2.36 bits per heavy atom. The number of ether oxygens (including phenoxy) is 1. The van der Waals surface area contributed by atoms with Crippen molar-refractivity contribution in [2.45, 2.75) is 32.0 Å². The third kappa shape index (κ3) is 1.42. The molecule has 2 atom stereocenters. The van der Waals surface area contributed by atoms with Crippen LogP contribution in [0.1, 0.15) is 24.6 Å². The number of nitrogens with zero attached hydrogens (tertiary/aromatic N) is 1. The van der Waals surface area contributed by atoms with E-state index in [4.69, 9.17) is 4.74 Å². The van der Waals surface area contributed by atoms with Gasteiger partial charge in [0.25, 0.3) is 0 Å². The van der Waals surface area contributed by atoms with E-state index >= 15 is 0 Å². The lowest BCUT2D eigenvalue weighted by Gasteiger charge is -2.26. The molecule has 1 fully saturated rings. The summed E-state index contributed by atoms with van der Waals surface area (Å²) in [5, 5.41) is 10.4. The second-order valence-corrected chi connectivity index (χ2v) is 3.88. The Bertz CT molecular complexity index is 323. The van der Waals surface area contributed by atoms with Crippen molar-refractivity contribution in [1.29, 1.82) is 0 Å². The number of aromatic nitrogens is 1. The third-order valence-electron chi connectivity index (χ3n) is 2.93. The predicted molar refractivity (Wildman–Crippen MR) is 52.9 cm³/mol. The van der Waals surface area contributed by atoms with Gasteiger partial charge in [0, 0.05) is 23.9 Å². The zero-order valence-electron chi connectivity index (χ0n) is 8.53. The van der Waals surface area contributed by atoms with Crippen LogP contribution < -0.4 is 0 Å². The van der Waals surface area contributed by atoms with Crippen LogP contribution in [0.3, 0.4) is 0 Å². The second-order valence-electron chi connectivity index (χ2n) is 3.88. The van der Waals surface area contributed by atoms with E-state index in [0.29, 0.717) is 13.0 Å². The first kappa shape index (κ1) is 9.62. The number of aliphatic hydroxyl groups is 1. The smallest absolute Gasteiger partial charge is 0.119 e. The molecule has 0 amide bonds. The number of hydrogen-bond donors (Lipinski definition) is 1. The van der Waals surface area contributed by atoms with Gasteiger partial charge in [-0.2, -0.15) is 0 Å². The van der Waals surface area contributed by atoms with Crippen molar-refractivity contribution in [1.82, 2.24) is 4.98 Å². The molecule has 0 bridgehead atoms. The monoisotopic (exact) mass is 193 g/mol. The van der Waals surface area contributed by atoms with E-state index < -0.39 is 5.60 Å². The van der Waals surface area contributed by atoms with Gasteiger partial charge in [-0.25, -0.2) is 0 Å². The summed E-state index contributed by atoms with van der Waals surface area (Å²) in [5.41, 5.74) is 0.970. The molecule has 1 aromatic rings. The van der Waals surface area contributed by atoms with Crippen LogP contribution >= 0.6 is 0 Å². The van der Waals surface area contributed by atoms with Crippen molar-refractivity contribution in [3.8, 4) is 0 Å². The van der Waals surface area contributed by atoms with Crippen molar-refractivity contribution in [3.63, 3.8) is 0 Å². The molecular formula is C11H15NO2. The van der Waals surface area contributed by atoms with Crippen LogP contribution in [0.5, 0.6) is 0 Å². The summed E-state index contributed by atoms with van der Waals surface area (Å²) >= 11 is 0. The van der Waals surface area contributed by atoms with Gasteiger partial charge >= 0.3 is 0 Å². The van der Waals surface area contributed by atoms with Gasteiger partial charge in [0.15, 0.2) is 0 Å². The van der Waals surface area contributed by atoms with E-state index in [2.05, 4.69) is 4.98 Å². The lowest BCUT2D eigenvalue weighted by atomic mass is 9.89. The zero-order chi connectivity index (χ0) is 10.2. The Morgan fingerprint density at radius 1 is 1.57 bits per heavy atom. The summed E-state index contributed by atoms with van der Waals surface area (Å²) in [5.74, 6) is 0. The van der Waals surface area contributed by atoms with Gasteiger partial charge in [0.1, 0.15) is 5.60 Å². The van der Waals surface area contributed by atoms with Gasteiger partial charge in [-0.3, -0.25) is 4.98 Å². The quantitative estimate of drug-likeness (QED) is 0.732. The van der Waals surface area contributed by atoms with Crippen LogP contribution in [0.15, 0.2) is 18.3 Å². The number of hydrogen-bond acceptors (Lipinski definition) is 3. The summed E-state index contributed by atoms with van der Waals surface area (Å²) < 4.78 is 5.38. The van der Waals surface area contributed by atoms with E-state index in [1.807, 2.05) is 26.0 Å². The predicted octanol–water partition coefficient (Wildman–Crippen LogP) is 1.39. The fourth-order valence-electron chi connectivity index (χ4n) is 1.84. The molecule has 0 aliphatic carbocycles. The Morgan fingerprint density at radius 3 is 2.86 bits per heavy atom. The van der Waals surface area contributed by atoms with E-state index in [-0.39, 0.29) is 6.10 Å². The maximum Gasteiger partial charge on any atom is 0.119 e. The minimum absolute atomic E-state index is 0.146. The maximum absolute atomic E-state index is 10.4. The second kappa shape index (κ2) is 3.33. The van der Waals surface area contributed by atoms with Gasteiger partial charge in [-0.1, -0.05) is 6.07 Å². The molecule has 1 aliphatic rings. The summed E-state index contributed by atoms with van der Waals surface area (Å²) in [6.07, 6.45) is 2.24. The van der Waals surface area contributed by atoms with E-state index in [0.717, 1.165) is 11.3 Å². The van der Waals surface area contributed by atoms with Gasteiger partial charge in [-0.15, -0.1) is 0 Å². The van der Waals surface area contributed by atoms with Crippen molar-refractivity contribution >= 4 is 0 Å². The summed E-state index contributed by atoms with van der Waals surface area (Å²) in [4.78, 5) is 4.19. The highest BCUT2D eigenvalue weighted by atomic mass is 16.5. The van der Waals surface area contributed by atoms with Crippen molar-refractivity contribution < 1.29 is 9.84 Å². The molecule has 2 rings (SSSR count). The maximum atomic E-state index is 10.4. The standard InChI is InChI=1S/C11H15NO2/c1-8-3-4-10(7-12-8)11(13)5-6-14-9(11)2/h3-4,7,9,13H,5-6H2,1-2H3. The van der Waals surface area contributed by atoms with Crippen LogP contribution in [-0.2, 0) is 10.3 Å². The first-order chi connectivity index (χ1) is 6.63. The number of rotatable bonds is 1. The van der Waals surface area contributed by atoms with Gasteiger partial charge < -0.3 is 9.84 Å². The fourth-order valence-corrected chi connectivity index (χ4v) is 1.84. The van der Waals surface area contributed by atoms with Crippen LogP contribution in [-0.4, -0.2) is 22.8 Å². The lowest BCUT2D eigenvalue weighted by Crippen LogP contribution is -2.33. The number of pyridine rings is 1. The molecule has 0 spiro atoms. The SMILES string of the molecule is Cc1ccc(C2(O)CCOC2C)cn1. The fraction of sp³-hybridized carbons (Fsp3) is 0.545. The molecule has 14 heavy (non-hydrogen) atoms. The average Bonchev–Trinajstić information content (AvgIpc) is 2.49. The molecule has 1 N–H and O–H groups in total. The van der Waals surface area contributed by atoms with Crippen LogP contribution in [0, 0.1) is 6.92 Å². The largest absolute Gasteiger partial charge is 0.382 e. The summed E-state index contributed by atoms with van der Waals surface area (Å²) in [6.45, 7) is 4.45. The van der Waals surface area contributed by atoms with Crippen LogP contribution in [0.25, 0.3) is 0 Å². The highest BCUT2D eigenvalue weighted by molar-refractivity contribution is 5.23. The normalized spacial score (nSPS) is 32.1. The Balaban J connectivity index is 2.34. The molecule has 0 radical (unpaired) electrons. The zero-order valence-corrected chi connectivity index (χ0v) is 8.53. The van der Waals surface area contributed by atoms with Crippen LogP contribution in [0.4, 0.5) is 0 Å². The van der Waals surface area contributed by atoms with Gasteiger partial charge in [0.05, 0.1) is 12.7 Å². The van der Waals surface area contributed by atoms with E-state index in [1.54, 1.807) is 6.20 Å². The molecule has 1 saturated heterocycles. The topological polar surface area (TPSA) is 42.4 Å². The lowest BCUT2D eigenvalue weighted by molar-refractivity contribution is -0.0319. The number of aryl methyl sites for hydroxylation is 1. The third-order valence-corrected chi connectivity index (χ3v) is 2.93. The van der Waals surface area contributed by atoms with E-state index in [1.165, 1.54) is 0 Å². The molecule has 2 unspecified atom stereocenters. The molecule has 1 aliphatic heterocycles. The Labute approximate surface area is 83.7 Å². The minimum Gasteiger partial charge on any atom is -0.382 e. The molecule has 3 nitrogen and oxygen atoms in total. The highest BCUT2D eigenvalue weighted by Gasteiger charge is 2.41. The summed E-state index contributed by atoms with van der Waals surface area (Å²) in [6, 6.07) is 3.84. The minimum atomic E-state index is -0.847. The van der Waals surface area contributed by atoms with Crippen molar-refractivity contribution in [2.24, 2.45) is 0 Å². The molecular weight excluding hydrogens is 178 g/mol. The van der Waals surface area contributed by atoms with Crippen molar-refractivity contribution in [2.75, 3.05) is 6.61 Å². The summed E-state index contributed by atoms with van der Waals surface area (Å²) in [7, 11) is 0. The molecule has 0 aromatic carbocycles. The molecule has 1 aromatic heterocycles. The first-order valence-electron chi connectivity index (χ1n) is 4.90. The Hall–Kier alpha value is -0.930. The molecule has 3 heteroatoms. The molecule has 0 saturated carbocycles. The first-order valence-corrected chi connectivity index (χ1v) is 4.90. The average molecular weight is 193 g/mol. The Kier molecular flexibility index (Phi) is 2.29. The van der Waals surface area contributed by atoms with Crippen LogP contribution in [0.2, 0.25) is 0 Å². The van der Waals surface area contributed by atoms with Gasteiger partial charge in [0.2, 0.25) is 0 Å². The van der Waals surface area contributed by atoms with Crippen molar-refractivity contribution in [3.05, 3.63) is 29.6 Å². The van der Waals surface area contributed by atoms with Gasteiger partial charge in [-0.05, 0) is 19.9 Å². The highest BCUT2D eigenvalue weighted by Crippen LogP contribution is 2.35. The molecule has 76 valence electrons. The molecule has 2 heterocycles.